The van der Waals surface area contributed by atoms with E-state index in [9.17, 15) is 0 Å². The minimum absolute atomic E-state index is 0.372. The van der Waals surface area contributed by atoms with Gasteiger partial charge in [0.05, 0.1) is 0 Å². The molecule has 1 aliphatic rings. The molecule has 3 heteroatoms. The van der Waals surface area contributed by atoms with Crippen LogP contribution in [0.3, 0.4) is 0 Å². The van der Waals surface area contributed by atoms with Gasteiger partial charge in [0.1, 0.15) is 5.82 Å². The lowest BCUT2D eigenvalue weighted by Crippen LogP contribution is -2.31. The van der Waals surface area contributed by atoms with Crippen LogP contribution < -0.4 is 11.1 Å². The first-order chi connectivity index (χ1) is 10.2. The predicted molar refractivity (Wildman–Crippen MR) is 90.2 cm³/mol. The number of rotatable bonds is 5. The highest BCUT2D eigenvalue weighted by Crippen LogP contribution is 2.36. The Balaban J connectivity index is 2.23. The van der Waals surface area contributed by atoms with Crippen LogP contribution in [0.2, 0.25) is 0 Å². The quantitative estimate of drug-likeness (QED) is 0.846. The van der Waals surface area contributed by atoms with Crippen molar-refractivity contribution in [2.24, 2.45) is 5.92 Å². The number of nitrogen functional groups attached to an aromatic ring is 1. The second-order valence-electron chi connectivity index (χ2n) is 6.46. The molecule has 1 aliphatic carbocycles. The van der Waals surface area contributed by atoms with E-state index in [-0.39, 0.29) is 0 Å². The highest BCUT2D eigenvalue weighted by atomic mass is 14.9. The molecule has 1 aromatic rings. The van der Waals surface area contributed by atoms with Crippen LogP contribution in [-0.2, 0) is 0 Å². The monoisotopic (exact) mass is 289 g/mol. The van der Waals surface area contributed by atoms with Crippen LogP contribution in [0.1, 0.15) is 75.5 Å². The minimum Gasteiger partial charge on any atom is -0.383 e. The Bertz CT molecular complexity index is 402. The Morgan fingerprint density at radius 3 is 2.52 bits per heavy atom. The molecule has 0 aliphatic heterocycles. The maximum atomic E-state index is 6.22. The number of aryl methyl sites for hydroxylation is 1. The summed E-state index contributed by atoms with van der Waals surface area (Å²) in [7, 11) is 0. The smallest absolute Gasteiger partial charge is 0.128 e. The highest BCUT2D eigenvalue weighted by molar-refractivity contribution is 5.46. The largest absolute Gasteiger partial charge is 0.383 e. The average Bonchev–Trinajstić information content (AvgIpc) is 2.42. The van der Waals surface area contributed by atoms with Gasteiger partial charge in [-0.2, -0.15) is 0 Å². The normalized spacial score (nSPS) is 19.0. The topological polar surface area (TPSA) is 50.9 Å². The standard InChI is InChI=1S/C18H31N3/c1-3-12-20-17(15-9-7-5-4-6-8-10-15)16-14(2)11-13-21-18(16)19/h11,13,15,17,20H,3-10,12H2,1-2H3,(H2,19,21). The second kappa shape index (κ2) is 8.38. The number of nitrogens with one attached hydrogen (secondary N) is 1. The Morgan fingerprint density at radius 1 is 1.24 bits per heavy atom. The summed E-state index contributed by atoms with van der Waals surface area (Å²) in [6.45, 7) is 5.44. The zero-order valence-electron chi connectivity index (χ0n) is 13.7. The molecule has 1 saturated carbocycles. The third kappa shape index (κ3) is 4.44. The summed E-state index contributed by atoms with van der Waals surface area (Å²) in [5, 5.41) is 3.77. The molecule has 0 saturated heterocycles. The van der Waals surface area contributed by atoms with Crippen molar-refractivity contribution < 1.29 is 0 Å². The molecule has 2 rings (SSSR count). The van der Waals surface area contributed by atoms with Gasteiger partial charge in [-0.3, -0.25) is 0 Å². The van der Waals surface area contributed by atoms with Crippen LogP contribution in [0.15, 0.2) is 12.3 Å². The van der Waals surface area contributed by atoms with Gasteiger partial charge in [-0.15, -0.1) is 0 Å². The number of nitrogens with zero attached hydrogens (tertiary/aromatic N) is 1. The van der Waals surface area contributed by atoms with Gasteiger partial charge in [-0.05, 0) is 50.3 Å². The lowest BCUT2D eigenvalue weighted by molar-refractivity contribution is 0.288. The first kappa shape index (κ1) is 16.3. The molecule has 0 radical (unpaired) electrons. The number of hydrogen-bond donors (Lipinski definition) is 2. The maximum absolute atomic E-state index is 6.22. The molecular weight excluding hydrogens is 258 g/mol. The lowest BCUT2D eigenvalue weighted by atomic mass is 9.81. The van der Waals surface area contributed by atoms with Gasteiger partial charge in [0.15, 0.2) is 0 Å². The van der Waals surface area contributed by atoms with E-state index in [0.29, 0.717) is 17.8 Å². The van der Waals surface area contributed by atoms with Gasteiger partial charge in [-0.1, -0.05) is 39.0 Å². The third-order valence-electron chi connectivity index (χ3n) is 4.79. The molecule has 1 fully saturated rings. The van der Waals surface area contributed by atoms with Gasteiger partial charge in [0.2, 0.25) is 0 Å². The molecule has 0 aromatic carbocycles. The van der Waals surface area contributed by atoms with E-state index in [0.717, 1.165) is 13.0 Å². The SMILES string of the molecule is CCCNC(c1c(C)ccnc1N)C1CCCCCCC1. The van der Waals surface area contributed by atoms with Crippen molar-refractivity contribution in [2.45, 2.75) is 71.3 Å². The first-order valence-electron chi connectivity index (χ1n) is 8.68. The molecule has 1 atom stereocenters. The molecule has 1 unspecified atom stereocenters. The van der Waals surface area contributed by atoms with Crippen LogP contribution in [0, 0.1) is 12.8 Å². The van der Waals surface area contributed by atoms with Gasteiger partial charge in [-0.25, -0.2) is 4.98 Å². The van der Waals surface area contributed by atoms with Crippen molar-refractivity contribution in [1.82, 2.24) is 10.3 Å². The van der Waals surface area contributed by atoms with Crippen molar-refractivity contribution in [3.63, 3.8) is 0 Å². The molecule has 3 N–H and O–H groups in total. The minimum atomic E-state index is 0.372. The summed E-state index contributed by atoms with van der Waals surface area (Å²) in [5.74, 6) is 1.41. The first-order valence-corrected chi connectivity index (χ1v) is 8.68. The number of hydrogen-bond acceptors (Lipinski definition) is 3. The summed E-state index contributed by atoms with van der Waals surface area (Å²) in [5.41, 5.74) is 8.74. The molecule has 3 nitrogen and oxygen atoms in total. The van der Waals surface area contributed by atoms with Crippen LogP contribution in [-0.4, -0.2) is 11.5 Å². The van der Waals surface area contributed by atoms with Crippen molar-refractivity contribution in [2.75, 3.05) is 12.3 Å². The Kier molecular flexibility index (Phi) is 6.50. The van der Waals surface area contributed by atoms with E-state index < -0.39 is 0 Å². The number of anilines is 1. The summed E-state index contributed by atoms with van der Waals surface area (Å²) in [6, 6.07) is 2.46. The van der Waals surface area contributed by atoms with E-state index in [1.54, 1.807) is 0 Å². The molecule has 118 valence electrons. The van der Waals surface area contributed by atoms with Crippen LogP contribution in [0.25, 0.3) is 0 Å². The third-order valence-corrected chi connectivity index (χ3v) is 4.79. The molecule has 1 heterocycles. The summed E-state index contributed by atoms with van der Waals surface area (Å²) < 4.78 is 0. The fourth-order valence-corrected chi connectivity index (χ4v) is 3.62. The van der Waals surface area contributed by atoms with E-state index in [2.05, 4.69) is 30.2 Å². The maximum Gasteiger partial charge on any atom is 0.128 e. The average molecular weight is 289 g/mol. The van der Waals surface area contributed by atoms with E-state index in [1.807, 2.05) is 6.20 Å². The fraction of sp³-hybridized carbons (Fsp3) is 0.722. The van der Waals surface area contributed by atoms with E-state index >= 15 is 0 Å². The van der Waals surface area contributed by atoms with Gasteiger partial charge < -0.3 is 11.1 Å². The van der Waals surface area contributed by atoms with Crippen molar-refractivity contribution >= 4 is 5.82 Å². The summed E-state index contributed by atoms with van der Waals surface area (Å²) in [4.78, 5) is 4.34. The summed E-state index contributed by atoms with van der Waals surface area (Å²) in [6.07, 6.45) is 12.5. The number of aromatic nitrogens is 1. The lowest BCUT2D eigenvalue weighted by Gasteiger charge is -2.31. The zero-order valence-corrected chi connectivity index (χ0v) is 13.7. The summed E-state index contributed by atoms with van der Waals surface area (Å²) >= 11 is 0. The van der Waals surface area contributed by atoms with Gasteiger partial charge >= 0.3 is 0 Å². The molecule has 0 spiro atoms. The van der Waals surface area contributed by atoms with Crippen molar-refractivity contribution in [3.8, 4) is 0 Å². The Hall–Kier alpha value is -1.09. The predicted octanol–water partition coefficient (Wildman–Crippen LogP) is 4.37. The van der Waals surface area contributed by atoms with E-state index in [4.69, 9.17) is 5.73 Å². The highest BCUT2D eigenvalue weighted by Gasteiger charge is 2.26. The van der Waals surface area contributed by atoms with Gasteiger partial charge in [0.25, 0.3) is 0 Å². The number of pyridine rings is 1. The van der Waals surface area contributed by atoms with E-state index in [1.165, 1.54) is 56.1 Å². The van der Waals surface area contributed by atoms with Crippen LogP contribution >= 0.6 is 0 Å². The number of nitrogens with two attached hydrogens (primary N) is 1. The zero-order chi connectivity index (χ0) is 15.1. The fourth-order valence-electron chi connectivity index (χ4n) is 3.62. The second-order valence-corrected chi connectivity index (χ2v) is 6.46. The van der Waals surface area contributed by atoms with Crippen LogP contribution in [0.4, 0.5) is 5.82 Å². The molecular formula is C18H31N3. The van der Waals surface area contributed by atoms with Crippen molar-refractivity contribution in [1.29, 1.82) is 0 Å². The molecule has 0 amide bonds. The Morgan fingerprint density at radius 2 is 1.90 bits per heavy atom. The Labute approximate surface area is 129 Å². The van der Waals surface area contributed by atoms with Crippen molar-refractivity contribution in [3.05, 3.63) is 23.4 Å². The molecule has 21 heavy (non-hydrogen) atoms. The van der Waals surface area contributed by atoms with Gasteiger partial charge in [0, 0.05) is 17.8 Å². The molecule has 1 aromatic heterocycles. The molecule has 0 bridgehead atoms. The van der Waals surface area contributed by atoms with Crippen LogP contribution in [0.5, 0.6) is 0 Å².